The second-order valence-electron chi connectivity index (χ2n) is 6.39. The van der Waals surface area contributed by atoms with Crippen molar-refractivity contribution in [2.75, 3.05) is 13.1 Å². The fourth-order valence-electron chi connectivity index (χ4n) is 3.07. The van der Waals surface area contributed by atoms with Gasteiger partial charge in [-0.1, -0.05) is 30.3 Å². The van der Waals surface area contributed by atoms with E-state index >= 15 is 0 Å². The molecule has 3 rings (SSSR count). The molecule has 0 radical (unpaired) electrons. The Balaban J connectivity index is 1.79. The molecule has 2 aromatic rings. The number of aryl methyl sites for hydroxylation is 1. The standard InChI is InChI=1S/C18H23N3O3S/c1-14(15-8-4-3-5-9-15)19-18(22)17-12-16(13-20(17)2)25(23,24)21-10-6-7-11-21/h3-5,8-9,12-14H,6-7,10-11H2,1-2H3,(H,19,22). The molecule has 2 heterocycles. The Morgan fingerprint density at radius 1 is 1.16 bits per heavy atom. The van der Waals surface area contributed by atoms with Crippen LogP contribution in [0, 0.1) is 0 Å². The minimum Gasteiger partial charge on any atom is -0.345 e. The molecule has 25 heavy (non-hydrogen) atoms. The van der Waals surface area contributed by atoms with Crippen molar-refractivity contribution in [2.24, 2.45) is 7.05 Å². The summed E-state index contributed by atoms with van der Waals surface area (Å²) in [4.78, 5) is 12.7. The van der Waals surface area contributed by atoms with Crippen molar-refractivity contribution in [3.05, 3.63) is 53.9 Å². The van der Waals surface area contributed by atoms with Crippen molar-refractivity contribution in [3.8, 4) is 0 Å². The van der Waals surface area contributed by atoms with Gasteiger partial charge >= 0.3 is 0 Å². The van der Waals surface area contributed by atoms with Crippen molar-refractivity contribution in [1.29, 1.82) is 0 Å². The van der Waals surface area contributed by atoms with Crippen LogP contribution in [0.15, 0.2) is 47.5 Å². The number of aromatic nitrogens is 1. The first kappa shape index (κ1) is 17.7. The van der Waals surface area contributed by atoms with E-state index in [2.05, 4.69) is 5.32 Å². The molecule has 1 aliphatic heterocycles. The van der Waals surface area contributed by atoms with Gasteiger partial charge in [-0.05, 0) is 31.4 Å². The third-order valence-corrected chi connectivity index (χ3v) is 6.43. The van der Waals surface area contributed by atoms with Gasteiger partial charge < -0.3 is 9.88 Å². The number of hydrogen-bond acceptors (Lipinski definition) is 3. The largest absolute Gasteiger partial charge is 0.345 e. The monoisotopic (exact) mass is 361 g/mol. The van der Waals surface area contributed by atoms with Crippen LogP contribution in [0.1, 0.15) is 41.9 Å². The second-order valence-corrected chi connectivity index (χ2v) is 8.33. The molecule has 1 atom stereocenters. The number of rotatable bonds is 5. The van der Waals surface area contributed by atoms with Crippen molar-refractivity contribution < 1.29 is 13.2 Å². The third kappa shape index (κ3) is 3.62. The fraction of sp³-hybridized carbons (Fsp3) is 0.389. The first-order chi connectivity index (χ1) is 11.9. The third-order valence-electron chi connectivity index (χ3n) is 4.56. The lowest BCUT2D eigenvalue weighted by atomic mass is 10.1. The zero-order valence-electron chi connectivity index (χ0n) is 14.5. The molecule has 0 bridgehead atoms. The summed E-state index contributed by atoms with van der Waals surface area (Å²) in [7, 11) is -1.84. The van der Waals surface area contributed by atoms with Crippen molar-refractivity contribution >= 4 is 15.9 Å². The van der Waals surface area contributed by atoms with Gasteiger partial charge in [0.25, 0.3) is 5.91 Å². The molecule has 1 aromatic heterocycles. The van der Waals surface area contributed by atoms with Crippen LogP contribution in [0.25, 0.3) is 0 Å². The molecule has 0 spiro atoms. The number of sulfonamides is 1. The van der Waals surface area contributed by atoms with Gasteiger partial charge in [-0.3, -0.25) is 4.79 Å². The molecule has 0 saturated carbocycles. The van der Waals surface area contributed by atoms with E-state index in [0.29, 0.717) is 18.8 Å². The van der Waals surface area contributed by atoms with Crippen LogP contribution in [-0.4, -0.2) is 36.3 Å². The summed E-state index contributed by atoms with van der Waals surface area (Å²) < 4.78 is 28.3. The summed E-state index contributed by atoms with van der Waals surface area (Å²) in [5.41, 5.74) is 1.33. The predicted octanol–water partition coefficient (Wildman–Crippen LogP) is 2.30. The van der Waals surface area contributed by atoms with E-state index in [1.54, 1.807) is 11.6 Å². The minimum absolute atomic E-state index is 0.165. The molecule has 1 fully saturated rings. The number of nitrogens with one attached hydrogen (secondary N) is 1. The highest BCUT2D eigenvalue weighted by Gasteiger charge is 2.29. The predicted molar refractivity (Wildman–Crippen MR) is 95.7 cm³/mol. The highest BCUT2D eigenvalue weighted by Crippen LogP contribution is 2.23. The van der Waals surface area contributed by atoms with E-state index in [-0.39, 0.29) is 16.8 Å². The molecule has 134 valence electrons. The summed E-state index contributed by atoms with van der Waals surface area (Å²) >= 11 is 0. The average molecular weight is 361 g/mol. The molecular formula is C18H23N3O3S. The average Bonchev–Trinajstić information content (AvgIpc) is 3.25. The van der Waals surface area contributed by atoms with E-state index in [1.165, 1.54) is 16.6 Å². The van der Waals surface area contributed by atoms with Crippen LogP contribution in [0.4, 0.5) is 0 Å². The number of nitrogens with zero attached hydrogens (tertiary/aromatic N) is 2. The summed E-state index contributed by atoms with van der Waals surface area (Å²) in [6.45, 7) is 2.99. The van der Waals surface area contributed by atoms with Crippen LogP contribution in [0.5, 0.6) is 0 Å². The van der Waals surface area contributed by atoms with Crippen molar-refractivity contribution in [3.63, 3.8) is 0 Å². The smallest absolute Gasteiger partial charge is 0.268 e. The molecule has 1 saturated heterocycles. The molecule has 1 N–H and O–H groups in total. The van der Waals surface area contributed by atoms with Gasteiger partial charge in [0.2, 0.25) is 10.0 Å². The van der Waals surface area contributed by atoms with Crippen molar-refractivity contribution in [1.82, 2.24) is 14.2 Å². The van der Waals surface area contributed by atoms with Crippen molar-refractivity contribution in [2.45, 2.75) is 30.7 Å². The molecule has 1 amide bonds. The molecule has 7 heteroatoms. The van der Waals surface area contributed by atoms with E-state index in [4.69, 9.17) is 0 Å². The number of benzene rings is 1. The maximum Gasteiger partial charge on any atom is 0.268 e. The van der Waals surface area contributed by atoms with Crippen LogP contribution in [0.3, 0.4) is 0 Å². The maximum absolute atomic E-state index is 12.6. The first-order valence-electron chi connectivity index (χ1n) is 8.42. The summed E-state index contributed by atoms with van der Waals surface area (Å²) in [5, 5.41) is 2.92. The van der Waals surface area contributed by atoms with Crippen LogP contribution in [0.2, 0.25) is 0 Å². The quantitative estimate of drug-likeness (QED) is 0.888. The minimum atomic E-state index is -3.52. The van der Waals surface area contributed by atoms with E-state index in [1.807, 2.05) is 37.3 Å². The topological polar surface area (TPSA) is 71.4 Å². The Kier molecular flexibility index (Phi) is 4.96. The molecule has 1 unspecified atom stereocenters. The molecular weight excluding hydrogens is 338 g/mol. The Hall–Kier alpha value is -2.12. The number of hydrogen-bond donors (Lipinski definition) is 1. The van der Waals surface area contributed by atoms with Gasteiger partial charge in [-0.2, -0.15) is 4.31 Å². The lowest BCUT2D eigenvalue weighted by molar-refractivity contribution is 0.0931. The van der Waals surface area contributed by atoms with Gasteiger partial charge in [-0.25, -0.2) is 8.42 Å². The number of carbonyl (C=O) groups excluding carboxylic acids is 1. The first-order valence-corrected chi connectivity index (χ1v) is 9.86. The van der Waals surface area contributed by atoms with Gasteiger partial charge in [0.15, 0.2) is 0 Å². The lowest BCUT2D eigenvalue weighted by Gasteiger charge is -2.14. The number of amides is 1. The normalized spacial score (nSPS) is 16.7. The van der Waals surface area contributed by atoms with Gasteiger partial charge in [0.1, 0.15) is 10.6 Å². The highest BCUT2D eigenvalue weighted by molar-refractivity contribution is 7.89. The van der Waals surface area contributed by atoms with E-state index in [0.717, 1.165) is 18.4 Å². The molecule has 1 aromatic carbocycles. The summed E-state index contributed by atoms with van der Waals surface area (Å²) in [6.07, 6.45) is 3.28. The number of carbonyl (C=O) groups is 1. The second kappa shape index (κ2) is 7.01. The molecule has 1 aliphatic rings. The van der Waals surface area contributed by atoms with E-state index in [9.17, 15) is 13.2 Å². The Morgan fingerprint density at radius 3 is 2.44 bits per heavy atom. The van der Waals surface area contributed by atoms with Crippen LogP contribution >= 0.6 is 0 Å². The Bertz CT molecular complexity index is 853. The zero-order chi connectivity index (χ0) is 18.0. The van der Waals surface area contributed by atoms with Crippen LogP contribution in [-0.2, 0) is 17.1 Å². The van der Waals surface area contributed by atoms with E-state index < -0.39 is 10.0 Å². The maximum atomic E-state index is 12.6. The fourth-order valence-corrected chi connectivity index (χ4v) is 4.66. The van der Waals surface area contributed by atoms with Gasteiger partial charge in [-0.15, -0.1) is 0 Å². The molecule has 0 aliphatic carbocycles. The zero-order valence-corrected chi connectivity index (χ0v) is 15.3. The Labute approximate surface area is 148 Å². The lowest BCUT2D eigenvalue weighted by Crippen LogP contribution is -2.28. The summed E-state index contributed by atoms with van der Waals surface area (Å²) in [5.74, 6) is -0.290. The van der Waals surface area contributed by atoms with Gasteiger partial charge in [0, 0.05) is 26.3 Å². The summed E-state index contributed by atoms with van der Waals surface area (Å²) in [6, 6.07) is 10.9. The Morgan fingerprint density at radius 2 is 1.80 bits per heavy atom. The SMILES string of the molecule is CC(NC(=O)c1cc(S(=O)(=O)N2CCCC2)cn1C)c1ccccc1. The van der Waals surface area contributed by atoms with Crippen LogP contribution < -0.4 is 5.32 Å². The highest BCUT2D eigenvalue weighted by atomic mass is 32.2. The van der Waals surface area contributed by atoms with Gasteiger partial charge in [0.05, 0.1) is 6.04 Å². The molecule has 6 nitrogen and oxygen atoms in total.